The zero-order valence-electron chi connectivity index (χ0n) is 13.5. The van der Waals surface area contributed by atoms with Gasteiger partial charge in [0.15, 0.2) is 0 Å². The molecule has 0 saturated heterocycles. The molecule has 0 atom stereocenters. The van der Waals surface area contributed by atoms with E-state index in [9.17, 15) is 0 Å². The maximum atomic E-state index is 5.80. The lowest BCUT2D eigenvalue weighted by Crippen LogP contribution is -2.10. The van der Waals surface area contributed by atoms with Gasteiger partial charge in [-0.25, -0.2) is 0 Å². The summed E-state index contributed by atoms with van der Waals surface area (Å²) in [6, 6.07) is 2.23. The number of hydrogen-bond donors (Lipinski definition) is 1. The standard InChI is InChI=1S/C18H27N3/c1-4-20-17(8-5-14(2)3)13-21-10-9-16-7-6-15(12-19)11-18(16)21/h4,8-11,14H,5-7,12-13,19H2,1-3H3/b17-8-,20-4?. The fourth-order valence-electron chi connectivity index (χ4n) is 2.65. The molecule has 114 valence electrons. The minimum absolute atomic E-state index is 0.660. The van der Waals surface area contributed by atoms with Crippen LogP contribution in [0.2, 0.25) is 0 Å². The Morgan fingerprint density at radius 2 is 2.24 bits per heavy atom. The molecule has 0 fully saturated rings. The summed E-state index contributed by atoms with van der Waals surface area (Å²) in [5.74, 6) is 0.661. The summed E-state index contributed by atoms with van der Waals surface area (Å²) < 4.78 is 2.29. The Morgan fingerprint density at radius 3 is 2.90 bits per heavy atom. The van der Waals surface area contributed by atoms with E-state index in [0.29, 0.717) is 12.5 Å². The van der Waals surface area contributed by atoms with Crippen molar-refractivity contribution < 1.29 is 0 Å². The minimum Gasteiger partial charge on any atom is -0.342 e. The van der Waals surface area contributed by atoms with Gasteiger partial charge in [-0.1, -0.05) is 25.5 Å². The molecule has 1 aromatic heterocycles. The van der Waals surface area contributed by atoms with Crippen molar-refractivity contribution in [2.75, 3.05) is 6.54 Å². The highest BCUT2D eigenvalue weighted by atomic mass is 15.0. The van der Waals surface area contributed by atoms with Gasteiger partial charge in [0.2, 0.25) is 0 Å². The molecule has 0 bridgehead atoms. The molecule has 0 unspecified atom stereocenters. The molecule has 0 saturated carbocycles. The second-order valence-corrected chi connectivity index (χ2v) is 6.07. The predicted molar refractivity (Wildman–Crippen MR) is 91.5 cm³/mol. The lowest BCUT2D eigenvalue weighted by molar-refractivity contribution is 0.654. The molecule has 2 N–H and O–H groups in total. The van der Waals surface area contributed by atoms with Gasteiger partial charge < -0.3 is 10.3 Å². The van der Waals surface area contributed by atoms with Crippen LogP contribution in [-0.4, -0.2) is 17.3 Å². The van der Waals surface area contributed by atoms with E-state index in [4.69, 9.17) is 5.73 Å². The predicted octanol–water partition coefficient (Wildman–Crippen LogP) is 3.80. The fraction of sp³-hybridized carbons (Fsp3) is 0.500. The van der Waals surface area contributed by atoms with Crippen LogP contribution in [-0.2, 0) is 13.0 Å². The van der Waals surface area contributed by atoms with Gasteiger partial charge in [0, 0.05) is 24.7 Å². The Bertz CT molecular complexity index is 559. The maximum absolute atomic E-state index is 5.80. The van der Waals surface area contributed by atoms with Crippen molar-refractivity contribution in [3.8, 4) is 0 Å². The first kappa shape index (κ1) is 15.8. The van der Waals surface area contributed by atoms with Crippen LogP contribution >= 0.6 is 0 Å². The number of hydrogen-bond acceptors (Lipinski definition) is 2. The second-order valence-electron chi connectivity index (χ2n) is 6.07. The summed E-state index contributed by atoms with van der Waals surface area (Å²) in [5, 5.41) is 0. The lowest BCUT2D eigenvalue weighted by atomic mass is 9.97. The van der Waals surface area contributed by atoms with Crippen LogP contribution in [0.3, 0.4) is 0 Å². The van der Waals surface area contributed by atoms with E-state index in [1.165, 1.54) is 16.8 Å². The van der Waals surface area contributed by atoms with Crippen molar-refractivity contribution in [2.24, 2.45) is 16.6 Å². The molecule has 0 amide bonds. The third kappa shape index (κ3) is 4.18. The van der Waals surface area contributed by atoms with Gasteiger partial charge in [0.05, 0.1) is 12.2 Å². The average Bonchev–Trinajstić information content (AvgIpc) is 2.87. The highest BCUT2D eigenvalue weighted by Gasteiger charge is 2.14. The van der Waals surface area contributed by atoms with Crippen LogP contribution < -0.4 is 5.73 Å². The fourth-order valence-corrected chi connectivity index (χ4v) is 2.65. The first-order valence-electron chi connectivity index (χ1n) is 7.89. The van der Waals surface area contributed by atoms with E-state index in [-0.39, 0.29) is 0 Å². The summed E-state index contributed by atoms with van der Waals surface area (Å²) in [6.07, 6.45) is 11.8. The van der Waals surface area contributed by atoms with Crippen molar-refractivity contribution in [2.45, 2.75) is 46.6 Å². The van der Waals surface area contributed by atoms with Gasteiger partial charge in [0.25, 0.3) is 0 Å². The molecule has 1 heterocycles. The van der Waals surface area contributed by atoms with Gasteiger partial charge in [-0.05, 0) is 49.8 Å². The molecule has 1 aromatic rings. The molecule has 1 aliphatic rings. The SMILES string of the molecule is CC=N/C(=C\CC(C)C)Cn1ccc2c1C=C(CN)CC2. The summed E-state index contributed by atoms with van der Waals surface area (Å²) in [5.41, 5.74) is 11.0. The molecule has 3 nitrogen and oxygen atoms in total. The summed E-state index contributed by atoms with van der Waals surface area (Å²) >= 11 is 0. The van der Waals surface area contributed by atoms with Crippen molar-refractivity contribution in [3.05, 3.63) is 40.9 Å². The summed E-state index contributed by atoms with van der Waals surface area (Å²) in [4.78, 5) is 4.53. The van der Waals surface area contributed by atoms with Gasteiger partial charge in [-0.3, -0.25) is 4.99 Å². The van der Waals surface area contributed by atoms with Crippen LogP contribution in [0.15, 0.2) is 34.6 Å². The molecular weight excluding hydrogens is 258 g/mol. The topological polar surface area (TPSA) is 43.3 Å². The monoisotopic (exact) mass is 285 g/mol. The number of aryl methyl sites for hydroxylation is 1. The van der Waals surface area contributed by atoms with Gasteiger partial charge in [-0.2, -0.15) is 0 Å². The molecule has 2 rings (SSSR count). The van der Waals surface area contributed by atoms with E-state index < -0.39 is 0 Å². The van der Waals surface area contributed by atoms with E-state index in [2.05, 4.69) is 47.8 Å². The number of rotatable bonds is 6. The molecule has 1 aliphatic carbocycles. The first-order chi connectivity index (χ1) is 10.1. The molecule has 0 radical (unpaired) electrons. The van der Waals surface area contributed by atoms with E-state index >= 15 is 0 Å². The van der Waals surface area contributed by atoms with Crippen LogP contribution in [0.4, 0.5) is 0 Å². The van der Waals surface area contributed by atoms with Crippen LogP contribution in [0.25, 0.3) is 6.08 Å². The Kier molecular flexibility index (Phi) is 5.57. The Balaban J connectivity index is 2.21. The summed E-state index contributed by atoms with van der Waals surface area (Å²) in [6.45, 7) is 7.93. The van der Waals surface area contributed by atoms with E-state index in [0.717, 1.165) is 31.5 Å². The number of aromatic nitrogens is 1. The molecule has 0 spiro atoms. The zero-order valence-corrected chi connectivity index (χ0v) is 13.5. The molecule has 21 heavy (non-hydrogen) atoms. The largest absolute Gasteiger partial charge is 0.342 e. The van der Waals surface area contributed by atoms with E-state index in [1.807, 2.05) is 13.1 Å². The normalized spacial score (nSPS) is 15.7. The Morgan fingerprint density at radius 1 is 1.43 bits per heavy atom. The number of nitrogens with two attached hydrogens (primary N) is 1. The average molecular weight is 285 g/mol. The van der Waals surface area contributed by atoms with Crippen molar-refractivity contribution >= 4 is 12.3 Å². The number of allylic oxidation sites excluding steroid dienone is 2. The van der Waals surface area contributed by atoms with E-state index in [1.54, 1.807) is 0 Å². The van der Waals surface area contributed by atoms with Gasteiger partial charge in [-0.15, -0.1) is 0 Å². The number of nitrogens with zero attached hydrogens (tertiary/aromatic N) is 2. The highest BCUT2D eigenvalue weighted by molar-refractivity contribution is 5.58. The summed E-state index contributed by atoms with van der Waals surface area (Å²) in [7, 11) is 0. The number of aliphatic imine (C=N–C) groups is 1. The smallest absolute Gasteiger partial charge is 0.0645 e. The third-order valence-electron chi connectivity index (χ3n) is 3.86. The van der Waals surface area contributed by atoms with Gasteiger partial charge >= 0.3 is 0 Å². The Labute approximate surface area is 128 Å². The van der Waals surface area contributed by atoms with Crippen LogP contribution in [0.5, 0.6) is 0 Å². The van der Waals surface area contributed by atoms with Gasteiger partial charge in [0.1, 0.15) is 0 Å². The van der Waals surface area contributed by atoms with Crippen molar-refractivity contribution in [3.63, 3.8) is 0 Å². The van der Waals surface area contributed by atoms with Crippen molar-refractivity contribution in [1.82, 2.24) is 4.57 Å². The van der Waals surface area contributed by atoms with Crippen molar-refractivity contribution in [1.29, 1.82) is 0 Å². The zero-order chi connectivity index (χ0) is 15.2. The Hall–Kier alpha value is -1.61. The lowest BCUT2D eigenvalue weighted by Gasteiger charge is -2.15. The number of fused-ring (bicyclic) bond motifs is 1. The first-order valence-corrected chi connectivity index (χ1v) is 7.89. The van der Waals surface area contributed by atoms with Crippen LogP contribution in [0, 0.1) is 5.92 Å². The minimum atomic E-state index is 0.660. The highest BCUT2D eigenvalue weighted by Crippen LogP contribution is 2.25. The second kappa shape index (κ2) is 7.41. The molecule has 3 heteroatoms. The third-order valence-corrected chi connectivity index (χ3v) is 3.86. The maximum Gasteiger partial charge on any atom is 0.0645 e. The van der Waals surface area contributed by atoms with Crippen LogP contribution in [0.1, 0.15) is 44.9 Å². The quantitative estimate of drug-likeness (QED) is 0.794. The molecule has 0 aliphatic heterocycles. The molecular formula is C18H27N3. The molecule has 0 aromatic carbocycles.